The first-order valence-corrected chi connectivity index (χ1v) is 9.01. The molecule has 1 aromatic carbocycles. The van der Waals surface area contributed by atoms with Crippen LogP contribution in [-0.4, -0.2) is 56.3 Å². The van der Waals surface area contributed by atoms with Gasteiger partial charge in [-0.3, -0.25) is 14.9 Å². The Balaban J connectivity index is 1.64. The SMILES string of the molecule is CN(C)C(=O)Nc1cncc(-c2ccc3[nH]nc(C(=O)Nc4ccnnc4)c3c2)c1. The summed E-state index contributed by atoms with van der Waals surface area (Å²) in [4.78, 5) is 30.2. The lowest BCUT2D eigenvalue weighted by molar-refractivity contribution is 0.102. The number of nitrogens with zero attached hydrogens (tertiary/aromatic N) is 5. The van der Waals surface area contributed by atoms with E-state index in [-0.39, 0.29) is 17.6 Å². The maximum Gasteiger partial charge on any atom is 0.321 e. The van der Waals surface area contributed by atoms with E-state index in [9.17, 15) is 9.59 Å². The van der Waals surface area contributed by atoms with Gasteiger partial charge in [-0.15, -0.1) is 0 Å². The summed E-state index contributed by atoms with van der Waals surface area (Å²) >= 11 is 0. The predicted octanol–water partition coefficient (Wildman–Crippen LogP) is 2.76. The third kappa shape index (κ3) is 3.92. The van der Waals surface area contributed by atoms with Gasteiger partial charge in [0.1, 0.15) is 0 Å². The third-order valence-electron chi connectivity index (χ3n) is 4.35. The van der Waals surface area contributed by atoms with Crippen molar-refractivity contribution >= 4 is 34.2 Å². The van der Waals surface area contributed by atoms with Crippen molar-refractivity contribution in [2.24, 2.45) is 0 Å². The Morgan fingerprint density at radius 1 is 0.933 bits per heavy atom. The van der Waals surface area contributed by atoms with E-state index < -0.39 is 0 Å². The molecule has 10 nitrogen and oxygen atoms in total. The fraction of sp³-hybridized carbons (Fsp3) is 0.100. The molecule has 3 N–H and O–H groups in total. The lowest BCUT2D eigenvalue weighted by Gasteiger charge is -2.12. The molecular formula is C20H18N8O2. The first kappa shape index (κ1) is 19.0. The van der Waals surface area contributed by atoms with Gasteiger partial charge in [-0.1, -0.05) is 6.07 Å². The van der Waals surface area contributed by atoms with Gasteiger partial charge in [0.2, 0.25) is 0 Å². The van der Waals surface area contributed by atoms with Crippen LogP contribution in [0.1, 0.15) is 10.5 Å². The molecule has 4 aromatic rings. The summed E-state index contributed by atoms with van der Waals surface area (Å²) in [5, 5.41) is 20.6. The molecule has 0 aliphatic heterocycles. The quantitative estimate of drug-likeness (QED) is 0.481. The van der Waals surface area contributed by atoms with Gasteiger partial charge in [0.25, 0.3) is 5.91 Å². The van der Waals surface area contributed by atoms with Crippen LogP contribution in [0, 0.1) is 0 Å². The molecule has 0 atom stereocenters. The van der Waals surface area contributed by atoms with E-state index in [0.29, 0.717) is 16.8 Å². The number of rotatable bonds is 4. The van der Waals surface area contributed by atoms with Crippen LogP contribution in [0.15, 0.2) is 55.1 Å². The van der Waals surface area contributed by atoms with Crippen molar-refractivity contribution < 1.29 is 9.59 Å². The Morgan fingerprint density at radius 2 is 1.80 bits per heavy atom. The van der Waals surface area contributed by atoms with Crippen LogP contribution in [0.5, 0.6) is 0 Å². The van der Waals surface area contributed by atoms with Crippen LogP contribution in [0.3, 0.4) is 0 Å². The standard InChI is InChI=1S/C20H18N8O2/c1-28(2)20(30)25-15-7-13(9-21-10-15)12-3-4-17-16(8-12)18(27-26-17)19(29)24-14-5-6-22-23-11-14/h3-11H,1-2H3,(H,25,30)(H,26,27)(H,22,24,29). The Labute approximate surface area is 171 Å². The minimum Gasteiger partial charge on any atom is -0.331 e. The van der Waals surface area contributed by atoms with Crippen molar-refractivity contribution in [1.82, 2.24) is 30.3 Å². The summed E-state index contributed by atoms with van der Waals surface area (Å²) in [6.45, 7) is 0. The van der Waals surface area contributed by atoms with Gasteiger partial charge in [0, 0.05) is 31.2 Å². The smallest absolute Gasteiger partial charge is 0.321 e. The Bertz CT molecular complexity index is 1220. The number of carbonyl (C=O) groups is 2. The second-order valence-corrected chi connectivity index (χ2v) is 6.70. The molecule has 0 bridgehead atoms. The van der Waals surface area contributed by atoms with Gasteiger partial charge in [-0.05, 0) is 29.8 Å². The number of pyridine rings is 1. The largest absolute Gasteiger partial charge is 0.331 e. The molecule has 30 heavy (non-hydrogen) atoms. The molecule has 3 aromatic heterocycles. The maximum absolute atomic E-state index is 12.7. The number of aromatic amines is 1. The average molecular weight is 402 g/mol. The maximum atomic E-state index is 12.7. The average Bonchev–Trinajstić information content (AvgIpc) is 3.18. The topological polar surface area (TPSA) is 129 Å². The number of anilines is 2. The Morgan fingerprint density at radius 3 is 2.57 bits per heavy atom. The molecule has 4 rings (SSSR count). The Kier molecular flexibility index (Phi) is 5.04. The molecule has 0 spiro atoms. The Hall–Kier alpha value is -4.34. The molecular weight excluding hydrogens is 384 g/mol. The second kappa shape index (κ2) is 7.95. The number of urea groups is 1. The molecule has 0 radical (unpaired) electrons. The summed E-state index contributed by atoms with van der Waals surface area (Å²) < 4.78 is 0. The van der Waals surface area contributed by atoms with Crippen LogP contribution in [-0.2, 0) is 0 Å². The van der Waals surface area contributed by atoms with Crippen molar-refractivity contribution in [3.63, 3.8) is 0 Å². The lowest BCUT2D eigenvalue weighted by Crippen LogP contribution is -2.27. The number of carbonyl (C=O) groups excluding carboxylic acids is 2. The van der Waals surface area contributed by atoms with E-state index in [2.05, 4.69) is 36.0 Å². The van der Waals surface area contributed by atoms with Crippen molar-refractivity contribution in [2.75, 3.05) is 24.7 Å². The van der Waals surface area contributed by atoms with E-state index in [4.69, 9.17) is 0 Å². The van der Waals surface area contributed by atoms with Gasteiger partial charge >= 0.3 is 6.03 Å². The molecule has 0 fully saturated rings. The zero-order valence-corrected chi connectivity index (χ0v) is 16.2. The number of hydrogen-bond acceptors (Lipinski definition) is 6. The van der Waals surface area contributed by atoms with Crippen LogP contribution >= 0.6 is 0 Å². The molecule has 0 aliphatic rings. The molecule has 3 heterocycles. The number of fused-ring (bicyclic) bond motifs is 1. The minimum atomic E-state index is -0.364. The number of benzene rings is 1. The number of aromatic nitrogens is 5. The van der Waals surface area contributed by atoms with Crippen LogP contribution in [0.2, 0.25) is 0 Å². The fourth-order valence-corrected chi connectivity index (χ4v) is 2.82. The van der Waals surface area contributed by atoms with E-state index >= 15 is 0 Å². The van der Waals surface area contributed by atoms with Gasteiger partial charge in [-0.2, -0.15) is 15.3 Å². The van der Waals surface area contributed by atoms with Crippen LogP contribution < -0.4 is 10.6 Å². The highest BCUT2D eigenvalue weighted by molar-refractivity contribution is 6.11. The first-order chi connectivity index (χ1) is 14.5. The van der Waals surface area contributed by atoms with Gasteiger partial charge in [-0.25, -0.2) is 4.79 Å². The highest BCUT2D eigenvalue weighted by Gasteiger charge is 2.16. The van der Waals surface area contributed by atoms with Crippen LogP contribution in [0.4, 0.5) is 16.2 Å². The summed E-state index contributed by atoms with van der Waals surface area (Å²) in [7, 11) is 3.32. The summed E-state index contributed by atoms with van der Waals surface area (Å²) in [5.74, 6) is -0.364. The second-order valence-electron chi connectivity index (χ2n) is 6.70. The summed E-state index contributed by atoms with van der Waals surface area (Å²) in [6.07, 6.45) is 6.21. The predicted molar refractivity (Wildman–Crippen MR) is 112 cm³/mol. The van der Waals surface area contributed by atoms with E-state index in [1.54, 1.807) is 32.6 Å². The van der Waals surface area contributed by atoms with E-state index in [0.717, 1.165) is 16.6 Å². The fourth-order valence-electron chi connectivity index (χ4n) is 2.82. The van der Waals surface area contributed by atoms with Crippen molar-refractivity contribution in [2.45, 2.75) is 0 Å². The normalized spacial score (nSPS) is 10.6. The van der Waals surface area contributed by atoms with Crippen LogP contribution in [0.25, 0.3) is 22.0 Å². The highest BCUT2D eigenvalue weighted by atomic mass is 16.2. The van der Waals surface area contributed by atoms with E-state index in [1.807, 2.05) is 24.3 Å². The molecule has 0 saturated carbocycles. The van der Waals surface area contributed by atoms with Crippen molar-refractivity contribution in [3.8, 4) is 11.1 Å². The summed E-state index contributed by atoms with van der Waals surface area (Å²) in [6, 6.07) is 8.80. The summed E-state index contributed by atoms with van der Waals surface area (Å²) in [5.41, 5.74) is 3.70. The molecule has 0 unspecified atom stereocenters. The number of hydrogen-bond donors (Lipinski definition) is 3. The molecule has 10 heteroatoms. The van der Waals surface area contributed by atoms with Crippen molar-refractivity contribution in [1.29, 1.82) is 0 Å². The molecule has 150 valence electrons. The lowest BCUT2D eigenvalue weighted by atomic mass is 10.0. The number of nitrogens with one attached hydrogen (secondary N) is 3. The first-order valence-electron chi connectivity index (χ1n) is 9.01. The van der Waals surface area contributed by atoms with Crippen molar-refractivity contribution in [3.05, 3.63) is 60.8 Å². The molecule has 0 aliphatic carbocycles. The third-order valence-corrected chi connectivity index (χ3v) is 4.35. The number of amides is 3. The van der Waals surface area contributed by atoms with Gasteiger partial charge in [0.15, 0.2) is 5.69 Å². The molecule has 0 saturated heterocycles. The van der Waals surface area contributed by atoms with Gasteiger partial charge < -0.3 is 15.5 Å². The zero-order chi connectivity index (χ0) is 21.1. The zero-order valence-electron chi connectivity index (χ0n) is 16.2. The highest BCUT2D eigenvalue weighted by Crippen LogP contribution is 2.27. The number of H-pyrrole nitrogens is 1. The monoisotopic (exact) mass is 402 g/mol. The van der Waals surface area contributed by atoms with Gasteiger partial charge in [0.05, 0.1) is 35.5 Å². The minimum absolute atomic E-state index is 0.246. The van der Waals surface area contributed by atoms with E-state index in [1.165, 1.54) is 17.3 Å². The molecule has 3 amide bonds.